The number of benzene rings is 1. The Hall–Kier alpha value is -1.59. The molecule has 1 saturated heterocycles. The maximum Gasteiger partial charge on any atom is 0.326 e. The van der Waals surface area contributed by atoms with Crippen molar-refractivity contribution in [3.05, 3.63) is 29.3 Å². The Kier molecular flexibility index (Phi) is 4.07. The van der Waals surface area contributed by atoms with E-state index in [1.165, 1.54) is 0 Å². The van der Waals surface area contributed by atoms with Gasteiger partial charge in [0.05, 0.1) is 20.3 Å². The molecular formula is C14H19NO4. The molecule has 0 aromatic heterocycles. The number of ether oxygens (including phenoxy) is 2. The lowest BCUT2D eigenvalue weighted by atomic mass is 10.0. The van der Waals surface area contributed by atoms with E-state index in [1.54, 1.807) is 7.11 Å². The van der Waals surface area contributed by atoms with Crippen molar-refractivity contribution >= 4 is 5.97 Å². The fraction of sp³-hybridized carbons (Fsp3) is 0.500. The van der Waals surface area contributed by atoms with Crippen molar-refractivity contribution in [1.29, 1.82) is 0 Å². The Bertz CT molecular complexity index is 475. The molecule has 0 spiro atoms. The second-order valence-corrected chi connectivity index (χ2v) is 4.92. The molecule has 1 aliphatic heterocycles. The number of nitrogens with zero attached hydrogens (tertiary/aromatic N) is 1. The van der Waals surface area contributed by atoms with E-state index in [2.05, 4.69) is 0 Å². The number of hydrogen-bond donors (Lipinski definition) is 1. The van der Waals surface area contributed by atoms with E-state index in [1.807, 2.05) is 32.0 Å². The van der Waals surface area contributed by atoms with Crippen molar-refractivity contribution in [2.45, 2.75) is 26.4 Å². The smallest absolute Gasteiger partial charge is 0.326 e. The average Bonchev–Trinajstić information content (AvgIpc) is 2.69. The molecule has 1 aromatic rings. The van der Waals surface area contributed by atoms with Gasteiger partial charge >= 0.3 is 5.97 Å². The summed E-state index contributed by atoms with van der Waals surface area (Å²) in [5, 5.41) is 11.2. The van der Waals surface area contributed by atoms with Crippen LogP contribution in [0, 0.1) is 12.8 Å². The molecule has 0 unspecified atom stereocenters. The van der Waals surface area contributed by atoms with Crippen LogP contribution in [0.15, 0.2) is 18.2 Å². The van der Waals surface area contributed by atoms with Crippen LogP contribution in [0.3, 0.4) is 0 Å². The average molecular weight is 265 g/mol. The third-order valence-electron chi connectivity index (χ3n) is 3.42. The monoisotopic (exact) mass is 265 g/mol. The number of hydroxylamine groups is 2. The highest BCUT2D eigenvalue weighted by Gasteiger charge is 2.38. The third kappa shape index (κ3) is 2.72. The zero-order valence-corrected chi connectivity index (χ0v) is 11.4. The van der Waals surface area contributed by atoms with Gasteiger partial charge in [-0.15, -0.1) is 0 Å². The minimum atomic E-state index is -0.606. The molecule has 104 valence electrons. The number of carbonyl (C=O) groups excluding carboxylic acids is 1. The number of para-hydroxylation sites is 1. The number of cyclic esters (lactones) is 1. The maximum absolute atomic E-state index is 11.6. The standard InChI is InChI=1S/C14H19NO4/c1-9-5-4-6-11(13(9)18-3)7-15(17)12-10(2)8-19-14(12)16/h4-6,10,12,17H,7-8H2,1-3H3/t10-,12-/m0/s1. The first kappa shape index (κ1) is 13.8. The summed E-state index contributed by atoms with van der Waals surface area (Å²) in [4.78, 5) is 11.6. The molecule has 0 saturated carbocycles. The molecule has 19 heavy (non-hydrogen) atoms. The number of rotatable bonds is 4. The summed E-state index contributed by atoms with van der Waals surface area (Å²) in [6.45, 7) is 4.41. The molecule has 2 atom stereocenters. The first-order chi connectivity index (χ1) is 9.04. The summed E-state index contributed by atoms with van der Waals surface area (Å²) in [6, 6.07) is 5.11. The van der Waals surface area contributed by atoms with E-state index < -0.39 is 6.04 Å². The van der Waals surface area contributed by atoms with Gasteiger partial charge in [0.25, 0.3) is 0 Å². The molecule has 1 heterocycles. The van der Waals surface area contributed by atoms with E-state index in [-0.39, 0.29) is 18.4 Å². The second kappa shape index (κ2) is 5.59. The van der Waals surface area contributed by atoms with Crippen molar-refractivity contribution in [2.75, 3.05) is 13.7 Å². The van der Waals surface area contributed by atoms with Crippen LogP contribution in [0.2, 0.25) is 0 Å². The largest absolute Gasteiger partial charge is 0.496 e. The molecule has 0 amide bonds. The molecule has 1 aromatic carbocycles. The zero-order valence-electron chi connectivity index (χ0n) is 11.4. The first-order valence-corrected chi connectivity index (χ1v) is 6.29. The highest BCUT2D eigenvalue weighted by Crippen LogP contribution is 2.27. The van der Waals surface area contributed by atoms with Gasteiger partial charge in [0.1, 0.15) is 11.8 Å². The summed E-state index contributed by atoms with van der Waals surface area (Å²) in [6.07, 6.45) is 0. The summed E-state index contributed by atoms with van der Waals surface area (Å²) < 4.78 is 10.3. The molecule has 1 aliphatic rings. The van der Waals surface area contributed by atoms with Gasteiger partial charge in [-0.25, -0.2) is 0 Å². The van der Waals surface area contributed by atoms with Gasteiger partial charge in [-0.1, -0.05) is 25.1 Å². The van der Waals surface area contributed by atoms with Crippen LogP contribution in [-0.2, 0) is 16.1 Å². The van der Waals surface area contributed by atoms with E-state index in [0.717, 1.165) is 21.9 Å². The van der Waals surface area contributed by atoms with Crippen LogP contribution < -0.4 is 4.74 Å². The van der Waals surface area contributed by atoms with Crippen LogP contribution in [0.25, 0.3) is 0 Å². The molecule has 0 radical (unpaired) electrons. The number of esters is 1. The van der Waals surface area contributed by atoms with Gasteiger partial charge < -0.3 is 14.7 Å². The highest BCUT2D eigenvalue weighted by atomic mass is 16.6. The molecular weight excluding hydrogens is 246 g/mol. The zero-order chi connectivity index (χ0) is 14.0. The molecule has 1 N–H and O–H groups in total. The summed E-state index contributed by atoms with van der Waals surface area (Å²) >= 11 is 0. The van der Waals surface area contributed by atoms with Gasteiger partial charge in [-0.2, -0.15) is 5.06 Å². The minimum absolute atomic E-state index is 0.0201. The van der Waals surface area contributed by atoms with Crippen molar-refractivity contribution in [3.8, 4) is 5.75 Å². The van der Waals surface area contributed by atoms with Gasteiger partial charge in [0, 0.05) is 11.5 Å². The Labute approximate surface area is 112 Å². The highest BCUT2D eigenvalue weighted by molar-refractivity contribution is 5.77. The number of carbonyl (C=O) groups is 1. The van der Waals surface area contributed by atoms with E-state index >= 15 is 0 Å². The normalized spacial score (nSPS) is 22.7. The summed E-state index contributed by atoms with van der Waals surface area (Å²) in [5.74, 6) is 0.343. The number of hydrogen-bond acceptors (Lipinski definition) is 5. The molecule has 0 aliphatic carbocycles. The van der Waals surface area contributed by atoms with Crippen molar-refractivity contribution in [3.63, 3.8) is 0 Å². The van der Waals surface area contributed by atoms with Crippen LogP contribution in [0.5, 0.6) is 5.75 Å². The van der Waals surface area contributed by atoms with Crippen LogP contribution >= 0.6 is 0 Å². The SMILES string of the molecule is COc1c(C)cccc1CN(O)[C@@H]1C(=O)OC[C@@H]1C. The van der Waals surface area contributed by atoms with E-state index in [9.17, 15) is 10.0 Å². The molecule has 0 bridgehead atoms. The predicted octanol–water partition coefficient (Wildman–Crippen LogP) is 1.76. The fourth-order valence-electron chi connectivity index (χ4n) is 2.44. The van der Waals surface area contributed by atoms with E-state index in [4.69, 9.17) is 9.47 Å². The topological polar surface area (TPSA) is 59.0 Å². The Morgan fingerprint density at radius 1 is 1.53 bits per heavy atom. The van der Waals surface area contributed by atoms with E-state index in [0.29, 0.717) is 6.61 Å². The van der Waals surface area contributed by atoms with Crippen molar-refractivity contribution < 1.29 is 19.5 Å². The second-order valence-electron chi connectivity index (χ2n) is 4.92. The molecule has 1 fully saturated rings. The minimum Gasteiger partial charge on any atom is -0.496 e. The Morgan fingerprint density at radius 3 is 2.84 bits per heavy atom. The van der Waals surface area contributed by atoms with Crippen molar-refractivity contribution in [2.24, 2.45) is 5.92 Å². The maximum atomic E-state index is 11.6. The lowest BCUT2D eigenvalue weighted by Crippen LogP contribution is -2.39. The number of aryl methyl sites for hydroxylation is 1. The lowest BCUT2D eigenvalue weighted by molar-refractivity contribution is -0.168. The van der Waals surface area contributed by atoms with Crippen LogP contribution in [0.1, 0.15) is 18.1 Å². The lowest BCUT2D eigenvalue weighted by Gasteiger charge is -2.23. The number of methoxy groups -OCH3 is 1. The quantitative estimate of drug-likeness (QED) is 0.664. The van der Waals surface area contributed by atoms with Crippen molar-refractivity contribution in [1.82, 2.24) is 5.06 Å². The summed E-state index contributed by atoms with van der Waals surface area (Å²) in [7, 11) is 1.60. The first-order valence-electron chi connectivity index (χ1n) is 6.29. The Morgan fingerprint density at radius 2 is 2.26 bits per heavy atom. The molecule has 2 rings (SSSR count). The summed E-state index contributed by atoms with van der Waals surface area (Å²) in [5.41, 5.74) is 1.84. The molecule has 5 heteroatoms. The third-order valence-corrected chi connectivity index (χ3v) is 3.42. The van der Waals surface area contributed by atoms with Gasteiger partial charge in [-0.3, -0.25) is 4.79 Å². The van der Waals surface area contributed by atoms with Gasteiger partial charge in [0.2, 0.25) is 0 Å². The molecule has 5 nitrogen and oxygen atoms in total. The Balaban J connectivity index is 2.17. The van der Waals surface area contributed by atoms with Gasteiger partial charge in [0.15, 0.2) is 0 Å². The van der Waals surface area contributed by atoms with Crippen LogP contribution in [0.4, 0.5) is 0 Å². The van der Waals surface area contributed by atoms with Crippen LogP contribution in [-0.4, -0.2) is 36.0 Å². The predicted molar refractivity (Wildman–Crippen MR) is 69.0 cm³/mol. The van der Waals surface area contributed by atoms with Gasteiger partial charge in [-0.05, 0) is 12.5 Å². The fourth-order valence-corrected chi connectivity index (χ4v) is 2.44.